The summed E-state index contributed by atoms with van der Waals surface area (Å²) in [7, 11) is 0. The molecule has 0 radical (unpaired) electrons. The Morgan fingerprint density at radius 2 is 2.23 bits per heavy atom. The molecule has 0 aromatic heterocycles. The van der Waals surface area contributed by atoms with Gasteiger partial charge in [-0.1, -0.05) is 26.3 Å². The summed E-state index contributed by atoms with van der Waals surface area (Å²) in [6.45, 7) is 4.29. The minimum atomic E-state index is -0.502. The summed E-state index contributed by atoms with van der Waals surface area (Å²) in [5.41, 5.74) is 0.110. The number of esters is 1. The van der Waals surface area contributed by atoms with E-state index in [4.69, 9.17) is 10.00 Å². The van der Waals surface area contributed by atoms with E-state index in [9.17, 15) is 4.79 Å². The Bertz CT molecular complexity index is 226. The Morgan fingerprint density at radius 1 is 1.54 bits per heavy atom. The van der Waals surface area contributed by atoms with Crippen molar-refractivity contribution in [3.8, 4) is 6.07 Å². The molecular weight excluding hydrogens is 166 g/mol. The molecule has 0 bridgehead atoms. The van der Waals surface area contributed by atoms with E-state index < -0.39 is 5.97 Å². The molecule has 0 fully saturated rings. The number of nitriles is 1. The lowest BCUT2D eigenvalue weighted by Gasteiger charge is -2.01. The van der Waals surface area contributed by atoms with E-state index >= 15 is 0 Å². The van der Waals surface area contributed by atoms with Crippen molar-refractivity contribution in [2.45, 2.75) is 33.1 Å². The van der Waals surface area contributed by atoms with Crippen LogP contribution in [0, 0.1) is 11.3 Å². The molecule has 0 N–H and O–H groups in total. The zero-order chi connectivity index (χ0) is 10.1. The molecule has 3 nitrogen and oxygen atoms in total. The normalized spacial score (nSPS) is 10.7. The lowest BCUT2D eigenvalue weighted by molar-refractivity contribution is -0.138. The van der Waals surface area contributed by atoms with Gasteiger partial charge in [0.2, 0.25) is 0 Å². The highest BCUT2D eigenvalue weighted by molar-refractivity contribution is 5.92. The first-order chi connectivity index (χ1) is 6.26. The minimum Gasteiger partial charge on any atom is -0.462 e. The minimum absolute atomic E-state index is 0.110. The molecule has 0 aromatic carbocycles. The zero-order valence-electron chi connectivity index (χ0n) is 8.17. The van der Waals surface area contributed by atoms with Crippen LogP contribution in [0.2, 0.25) is 0 Å². The molecule has 0 atom stereocenters. The number of unbranched alkanes of at least 4 members (excludes halogenated alkanes) is 1. The number of ether oxygens (including phenoxy) is 1. The Labute approximate surface area is 79.0 Å². The van der Waals surface area contributed by atoms with Gasteiger partial charge < -0.3 is 4.74 Å². The van der Waals surface area contributed by atoms with Crippen molar-refractivity contribution < 1.29 is 9.53 Å². The SMILES string of the molecule is CCC=C(C#N)C(=O)OCCCC. The average Bonchev–Trinajstić information content (AvgIpc) is 2.14. The molecule has 0 spiro atoms. The van der Waals surface area contributed by atoms with Gasteiger partial charge in [-0.15, -0.1) is 0 Å². The predicted molar refractivity (Wildman–Crippen MR) is 49.9 cm³/mol. The topological polar surface area (TPSA) is 50.1 Å². The maximum absolute atomic E-state index is 11.1. The number of nitrogens with zero attached hydrogens (tertiary/aromatic N) is 1. The van der Waals surface area contributed by atoms with Crippen molar-refractivity contribution in [3.05, 3.63) is 11.6 Å². The molecule has 0 aromatic rings. The van der Waals surface area contributed by atoms with Gasteiger partial charge in [-0.3, -0.25) is 0 Å². The van der Waals surface area contributed by atoms with Crippen LogP contribution in [0.15, 0.2) is 11.6 Å². The maximum Gasteiger partial charge on any atom is 0.348 e. The third kappa shape index (κ3) is 5.02. The van der Waals surface area contributed by atoms with E-state index in [1.165, 1.54) is 0 Å². The molecule has 0 aliphatic carbocycles. The molecule has 13 heavy (non-hydrogen) atoms. The van der Waals surface area contributed by atoms with Crippen LogP contribution < -0.4 is 0 Å². The lowest BCUT2D eigenvalue weighted by Crippen LogP contribution is -2.07. The van der Waals surface area contributed by atoms with Gasteiger partial charge in [-0.2, -0.15) is 5.26 Å². The third-order valence-electron chi connectivity index (χ3n) is 1.48. The fourth-order valence-corrected chi connectivity index (χ4v) is 0.766. The molecule has 3 heteroatoms. The predicted octanol–water partition coefficient (Wildman–Crippen LogP) is 2.19. The fraction of sp³-hybridized carbons (Fsp3) is 0.600. The Hall–Kier alpha value is -1.30. The van der Waals surface area contributed by atoms with Crippen molar-refractivity contribution in [3.63, 3.8) is 0 Å². The van der Waals surface area contributed by atoms with Crippen molar-refractivity contribution in [2.24, 2.45) is 0 Å². The third-order valence-corrected chi connectivity index (χ3v) is 1.48. The monoisotopic (exact) mass is 181 g/mol. The van der Waals surface area contributed by atoms with Crippen LogP contribution in [0.4, 0.5) is 0 Å². The molecule has 0 amide bonds. The number of carbonyl (C=O) groups is 1. The summed E-state index contributed by atoms with van der Waals surface area (Å²) < 4.78 is 4.86. The second-order valence-corrected chi connectivity index (χ2v) is 2.63. The summed E-state index contributed by atoms with van der Waals surface area (Å²) in [4.78, 5) is 11.1. The molecule has 0 aliphatic heterocycles. The summed E-state index contributed by atoms with van der Waals surface area (Å²) in [6, 6.07) is 1.82. The van der Waals surface area contributed by atoms with Crippen LogP contribution in [0.1, 0.15) is 33.1 Å². The van der Waals surface area contributed by atoms with Crippen LogP contribution in [0.3, 0.4) is 0 Å². The van der Waals surface area contributed by atoms with Gasteiger partial charge in [-0.05, 0) is 12.8 Å². The van der Waals surface area contributed by atoms with Crippen molar-refractivity contribution >= 4 is 5.97 Å². The molecule has 0 unspecified atom stereocenters. The van der Waals surface area contributed by atoms with Gasteiger partial charge in [-0.25, -0.2) is 4.79 Å². The smallest absolute Gasteiger partial charge is 0.348 e. The molecule has 0 aliphatic rings. The summed E-state index contributed by atoms with van der Waals surface area (Å²) in [5, 5.41) is 8.56. The number of allylic oxidation sites excluding steroid dienone is 1. The van der Waals surface area contributed by atoms with Crippen molar-refractivity contribution in [2.75, 3.05) is 6.61 Å². The van der Waals surface area contributed by atoms with Crippen LogP contribution in [0.25, 0.3) is 0 Å². The van der Waals surface area contributed by atoms with Gasteiger partial charge in [0, 0.05) is 0 Å². The number of hydrogen-bond donors (Lipinski definition) is 0. The van der Waals surface area contributed by atoms with E-state index in [0.29, 0.717) is 13.0 Å². The number of rotatable bonds is 5. The van der Waals surface area contributed by atoms with Crippen LogP contribution in [-0.2, 0) is 9.53 Å². The molecule has 72 valence electrons. The first-order valence-electron chi connectivity index (χ1n) is 4.53. The standard InChI is InChI=1S/C10H15NO2/c1-3-5-7-13-10(12)9(8-11)6-4-2/h6H,3-5,7H2,1-2H3. The molecule has 0 rings (SSSR count). The van der Waals surface area contributed by atoms with Gasteiger partial charge in [0.1, 0.15) is 11.6 Å². The lowest BCUT2D eigenvalue weighted by atomic mass is 10.2. The van der Waals surface area contributed by atoms with Gasteiger partial charge in [0.15, 0.2) is 0 Å². The second-order valence-electron chi connectivity index (χ2n) is 2.63. The Balaban J connectivity index is 3.95. The summed E-state index contributed by atoms with van der Waals surface area (Å²) >= 11 is 0. The van der Waals surface area contributed by atoms with Crippen molar-refractivity contribution in [1.82, 2.24) is 0 Å². The zero-order valence-corrected chi connectivity index (χ0v) is 8.17. The largest absolute Gasteiger partial charge is 0.462 e. The summed E-state index contributed by atoms with van der Waals surface area (Å²) in [5.74, 6) is -0.502. The van der Waals surface area contributed by atoms with Gasteiger partial charge >= 0.3 is 5.97 Å². The van der Waals surface area contributed by atoms with E-state index in [1.54, 1.807) is 6.08 Å². The maximum atomic E-state index is 11.1. The van der Waals surface area contributed by atoms with Gasteiger partial charge in [0.05, 0.1) is 6.61 Å². The molecule has 0 saturated carbocycles. The van der Waals surface area contributed by atoms with Crippen LogP contribution in [-0.4, -0.2) is 12.6 Å². The highest BCUT2D eigenvalue weighted by Gasteiger charge is 2.08. The quantitative estimate of drug-likeness (QED) is 0.283. The molecular formula is C10H15NO2. The highest BCUT2D eigenvalue weighted by Crippen LogP contribution is 1.99. The average molecular weight is 181 g/mol. The van der Waals surface area contributed by atoms with E-state index in [-0.39, 0.29) is 5.57 Å². The number of carbonyl (C=O) groups excluding carboxylic acids is 1. The number of hydrogen-bond acceptors (Lipinski definition) is 3. The van der Waals surface area contributed by atoms with Crippen LogP contribution in [0.5, 0.6) is 0 Å². The molecule has 0 heterocycles. The second kappa shape index (κ2) is 7.35. The Kier molecular flexibility index (Phi) is 6.62. The Morgan fingerprint density at radius 3 is 2.69 bits per heavy atom. The first kappa shape index (κ1) is 11.7. The first-order valence-corrected chi connectivity index (χ1v) is 4.53. The fourth-order valence-electron chi connectivity index (χ4n) is 0.766. The van der Waals surface area contributed by atoms with Crippen molar-refractivity contribution in [1.29, 1.82) is 5.26 Å². The van der Waals surface area contributed by atoms with E-state index in [1.807, 2.05) is 19.9 Å². The summed E-state index contributed by atoms with van der Waals surface area (Å²) in [6.07, 6.45) is 4.07. The van der Waals surface area contributed by atoms with E-state index in [0.717, 1.165) is 12.8 Å². The van der Waals surface area contributed by atoms with E-state index in [2.05, 4.69) is 0 Å². The van der Waals surface area contributed by atoms with Gasteiger partial charge in [0.25, 0.3) is 0 Å². The molecule has 0 saturated heterocycles. The van der Waals surface area contributed by atoms with Crippen LogP contribution >= 0.6 is 0 Å². The highest BCUT2D eigenvalue weighted by atomic mass is 16.5.